The third-order valence-corrected chi connectivity index (χ3v) is 4.25. The van der Waals surface area contributed by atoms with Gasteiger partial charge < -0.3 is 9.30 Å². The van der Waals surface area contributed by atoms with E-state index in [0.717, 1.165) is 29.9 Å². The average molecular weight is 347 g/mol. The summed E-state index contributed by atoms with van der Waals surface area (Å²) in [5, 5.41) is 0.698. The summed E-state index contributed by atoms with van der Waals surface area (Å²) in [6, 6.07) is 5.73. The Morgan fingerprint density at radius 3 is 2.75 bits per heavy atom. The van der Waals surface area contributed by atoms with E-state index in [-0.39, 0.29) is 0 Å². The molecule has 0 aliphatic carbocycles. The minimum Gasteiger partial charge on any atom is -0.493 e. The highest BCUT2D eigenvalue weighted by Crippen LogP contribution is 2.29. The highest BCUT2D eigenvalue weighted by Gasteiger charge is 2.09. The van der Waals surface area contributed by atoms with Gasteiger partial charge in [-0.15, -0.1) is 0 Å². The monoisotopic (exact) mass is 346 g/mol. The summed E-state index contributed by atoms with van der Waals surface area (Å²) >= 11 is 6.16. The van der Waals surface area contributed by atoms with E-state index in [1.54, 1.807) is 12.5 Å². The normalized spacial score (nSPS) is 10.8. The summed E-state index contributed by atoms with van der Waals surface area (Å²) < 4.78 is 7.98. The molecule has 0 fully saturated rings. The Morgan fingerprint density at radius 1 is 1.21 bits per heavy atom. The van der Waals surface area contributed by atoms with Crippen LogP contribution in [0.3, 0.4) is 0 Å². The zero-order valence-electron chi connectivity index (χ0n) is 14.5. The molecule has 0 N–H and O–H groups in total. The second-order valence-corrected chi connectivity index (χ2v) is 6.53. The van der Waals surface area contributed by atoms with Crippen LogP contribution in [0.1, 0.15) is 51.0 Å². The van der Waals surface area contributed by atoms with Crippen LogP contribution in [0.5, 0.6) is 5.75 Å². The van der Waals surface area contributed by atoms with Crippen LogP contribution in [0.25, 0.3) is 5.57 Å². The van der Waals surface area contributed by atoms with Gasteiger partial charge in [0.15, 0.2) is 0 Å². The third kappa shape index (κ3) is 6.04. The smallest absolute Gasteiger partial charge is 0.126 e. The lowest BCUT2D eigenvalue weighted by Gasteiger charge is -2.14. The molecule has 3 nitrogen and oxygen atoms in total. The maximum Gasteiger partial charge on any atom is 0.126 e. The van der Waals surface area contributed by atoms with E-state index >= 15 is 0 Å². The first kappa shape index (κ1) is 18.6. The Labute approximate surface area is 150 Å². The zero-order chi connectivity index (χ0) is 17.2. The van der Waals surface area contributed by atoms with Gasteiger partial charge in [0.25, 0.3) is 0 Å². The van der Waals surface area contributed by atoms with Gasteiger partial charge in [0.1, 0.15) is 5.75 Å². The van der Waals surface area contributed by atoms with E-state index in [4.69, 9.17) is 16.3 Å². The fourth-order valence-electron chi connectivity index (χ4n) is 2.65. The summed E-state index contributed by atoms with van der Waals surface area (Å²) in [5.74, 6) is 0.859. The number of nitrogens with zero attached hydrogens (tertiary/aromatic N) is 2. The van der Waals surface area contributed by atoms with Crippen molar-refractivity contribution in [1.82, 2.24) is 9.55 Å². The number of allylic oxidation sites excluding steroid dienone is 1. The Kier molecular flexibility index (Phi) is 7.90. The molecule has 4 heteroatoms. The molecule has 0 aliphatic heterocycles. The molecule has 2 rings (SSSR count). The Balaban J connectivity index is 1.88. The van der Waals surface area contributed by atoms with Crippen LogP contribution >= 0.6 is 11.6 Å². The summed E-state index contributed by atoms with van der Waals surface area (Å²) in [4.78, 5) is 4.06. The Bertz CT molecular complexity index is 623. The number of unbranched alkanes of at least 4 members (excludes halogenated alkanes) is 5. The van der Waals surface area contributed by atoms with Gasteiger partial charge in [0.05, 0.1) is 12.9 Å². The molecule has 0 saturated heterocycles. The SMILES string of the molecule is C=C(Cn1ccnc1)c1cc(Cl)ccc1OCCCCCCCC. The van der Waals surface area contributed by atoms with Crippen LogP contribution in [-0.2, 0) is 6.54 Å². The predicted molar refractivity (Wildman–Crippen MR) is 102 cm³/mol. The lowest BCUT2D eigenvalue weighted by atomic mass is 10.1. The number of benzene rings is 1. The molecule has 0 radical (unpaired) electrons. The third-order valence-electron chi connectivity index (χ3n) is 4.01. The van der Waals surface area contributed by atoms with Crippen molar-refractivity contribution in [2.75, 3.05) is 6.61 Å². The van der Waals surface area contributed by atoms with Gasteiger partial charge in [-0.25, -0.2) is 4.98 Å². The van der Waals surface area contributed by atoms with Crippen molar-refractivity contribution in [1.29, 1.82) is 0 Å². The van der Waals surface area contributed by atoms with Crippen LogP contribution in [0, 0.1) is 0 Å². The molecule has 1 aromatic carbocycles. The summed E-state index contributed by atoms with van der Waals surface area (Å²) in [6.07, 6.45) is 13.0. The summed E-state index contributed by atoms with van der Waals surface area (Å²) in [6.45, 7) is 7.84. The number of hydrogen-bond donors (Lipinski definition) is 0. The van der Waals surface area contributed by atoms with Gasteiger partial charge in [-0.05, 0) is 30.2 Å². The molecule has 0 amide bonds. The molecular weight excluding hydrogens is 320 g/mol. The van der Waals surface area contributed by atoms with Gasteiger partial charge in [-0.1, -0.05) is 57.2 Å². The van der Waals surface area contributed by atoms with E-state index in [0.29, 0.717) is 11.6 Å². The molecule has 1 heterocycles. The first-order valence-electron chi connectivity index (χ1n) is 8.77. The lowest BCUT2D eigenvalue weighted by Crippen LogP contribution is -2.03. The highest BCUT2D eigenvalue weighted by atomic mass is 35.5. The molecular formula is C20H27ClN2O. The predicted octanol–water partition coefficient (Wildman–Crippen LogP) is 5.99. The number of aromatic nitrogens is 2. The topological polar surface area (TPSA) is 27.1 Å². The fraction of sp³-hybridized carbons (Fsp3) is 0.450. The van der Waals surface area contributed by atoms with E-state index in [1.807, 2.05) is 29.0 Å². The van der Waals surface area contributed by atoms with Crippen molar-refractivity contribution in [3.05, 3.63) is 54.1 Å². The molecule has 0 unspecified atom stereocenters. The Hall–Kier alpha value is -1.74. The van der Waals surface area contributed by atoms with Gasteiger partial charge in [0.2, 0.25) is 0 Å². The quantitative estimate of drug-likeness (QED) is 0.467. The summed E-state index contributed by atoms with van der Waals surface area (Å²) in [7, 11) is 0. The van der Waals surface area contributed by atoms with Crippen molar-refractivity contribution < 1.29 is 4.74 Å². The standard InChI is InChI=1S/C20H27ClN2O/c1-3-4-5-6-7-8-13-24-20-10-9-18(21)14-19(20)17(2)15-23-12-11-22-16-23/h9-12,14,16H,2-8,13,15H2,1H3. The lowest BCUT2D eigenvalue weighted by molar-refractivity contribution is 0.303. The average Bonchev–Trinajstić information content (AvgIpc) is 3.08. The molecule has 0 bridgehead atoms. The number of imidazole rings is 1. The fourth-order valence-corrected chi connectivity index (χ4v) is 2.83. The number of rotatable bonds is 11. The molecule has 130 valence electrons. The first-order valence-corrected chi connectivity index (χ1v) is 9.14. The van der Waals surface area contributed by atoms with Crippen LogP contribution in [0.4, 0.5) is 0 Å². The van der Waals surface area contributed by atoms with E-state index in [9.17, 15) is 0 Å². The Morgan fingerprint density at radius 2 is 2.00 bits per heavy atom. The van der Waals surface area contributed by atoms with Crippen molar-refractivity contribution in [3.63, 3.8) is 0 Å². The van der Waals surface area contributed by atoms with Crippen molar-refractivity contribution in [2.24, 2.45) is 0 Å². The van der Waals surface area contributed by atoms with Crippen LogP contribution in [0.15, 0.2) is 43.5 Å². The van der Waals surface area contributed by atoms with Crippen molar-refractivity contribution >= 4 is 17.2 Å². The second-order valence-electron chi connectivity index (χ2n) is 6.10. The van der Waals surface area contributed by atoms with E-state index < -0.39 is 0 Å². The van der Waals surface area contributed by atoms with Gasteiger partial charge in [-0.2, -0.15) is 0 Å². The largest absolute Gasteiger partial charge is 0.493 e. The molecule has 0 aliphatic rings. The first-order chi connectivity index (χ1) is 11.7. The number of hydrogen-bond acceptors (Lipinski definition) is 2. The molecule has 0 saturated carbocycles. The number of ether oxygens (including phenoxy) is 1. The van der Waals surface area contributed by atoms with Gasteiger partial charge in [0, 0.05) is 29.5 Å². The van der Waals surface area contributed by atoms with Crippen LogP contribution in [0.2, 0.25) is 5.02 Å². The van der Waals surface area contributed by atoms with E-state index in [2.05, 4.69) is 18.5 Å². The second kappa shape index (κ2) is 10.2. The van der Waals surface area contributed by atoms with Gasteiger partial charge >= 0.3 is 0 Å². The minimum absolute atomic E-state index is 0.674. The maximum absolute atomic E-state index is 6.16. The minimum atomic E-state index is 0.674. The number of halogens is 1. The van der Waals surface area contributed by atoms with Crippen molar-refractivity contribution in [3.8, 4) is 5.75 Å². The zero-order valence-corrected chi connectivity index (χ0v) is 15.3. The molecule has 0 spiro atoms. The summed E-state index contributed by atoms with van der Waals surface area (Å²) in [5.41, 5.74) is 1.94. The van der Waals surface area contributed by atoms with Crippen molar-refractivity contribution in [2.45, 2.75) is 52.0 Å². The van der Waals surface area contributed by atoms with Gasteiger partial charge in [-0.3, -0.25) is 0 Å². The molecule has 2 aromatic rings. The van der Waals surface area contributed by atoms with Crippen LogP contribution in [-0.4, -0.2) is 16.2 Å². The highest BCUT2D eigenvalue weighted by molar-refractivity contribution is 6.30. The van der Waals surface area contributed by atoms with E-state index in [1.165, 1.54) is 32.1 Å². The maximum atomic E-state index is 6.16. The molecule has 0 atom stereocenters. The van der Waals surface area contributed by atoms with Crippen LogP contribution < -0.4 is 4.74 Å². The molecule has 24 heavy (non-hydrogen) atoms. The molecule has 1 aromatic heterocycles.